The highest BCUT2D eigenvalue weighted by Crippen LogP contribution is 2.46. The minimum absolute atomic E-state index is 0.0232. The Kier molecular flexibility index (Phi) is 6.15. The fourth-order valence-corrected chi connectivity index (χ4v) is 4.16. The lowest BCUT2D eigenvalue weighted by molar-refractivity contribution is -0.154. The van der Waals surface area contributed by atoms with E-state index in [2.05, 4.69) is 15.3 Å². The van der Waals surface area contributed by atoms with Gasteiger partial charge in [-0.05, 0) is 30.0 Å². The van der Waals surface area contributed by atoms with Gasteiger partial charge in [0.2, 0.25) is 5.91 Å². The van der Waals surface area contributed by atoms with E-state index in [-0.39, 0.29) is 11.8 Å². The molecule has 1 fully saturated rings. The second-order valence-electron chi connectivity index (χ2n) is 8.75. The van der Waals surface area contributed by atoms with Gasteiger partial charge in [0.15, 0.2) is 0 Å². The third-order valence-corrected chi connectivity index (χ3v) is 6.15. The summed E-state index contributed by atoms with van der Waals surface area (Å²) < 4.78 is 0. The molecule has 0 aliphatic carbocycles. The van der Waals surface area contributed by atoms with Gasteiger partial charge in [0.25, 0.3) is 0 Å². The van der Waals surface area contributed by atoms with E-state index < -0.39 is 17.1 Å². The summed E-state index contributed by atoms with van der Waals surface area (Å²) in [7, 11) is 0. The number of anilines is 1. The molecule has 2 N–H and O–H groups in total. The molecule has 2 heterocycles. The first kappa shape index (κ1) is 21.5. The molecule has 0 radical (unpaired) electrons. The van der Waals surface area contributed by atoms with Crippen LogP contribution in [0.5, 0.6) is 0 Å². The Morgan fingerprint density at radius 3 is 2.38 bits per heavy atom. The normalized spacial score (nSPS) is 22.4. The van der Waals surface area contributed by atoms with Crippen LogP contribution in [-0.2, 0) is 10.4 Å². The Hall–Kier alpha value is -2.18. The van der Waals surface area contributed by atoms with Crippen LogP contribution in [0.15, 0.2) is 43.0 Å². The predicted molar refractivity (Wildman–Crippen MR) is 115 cm³/mol. The molecule has 2 unspecified atom stereocenters. The van der Waals surface area contributed by atoms with Gasteiger partial charge in [0.1, 0.15) is 12.4 Å². The monoisotopic (exact) mass is 416 g/mol. The molecule has 2 atom stereocenters. The van der Waals surface area contributed by atoms with Gasteiger partial charge in [-0.1, -0.05) is 51.4 Å². The van der Waals surface area contributed by atoms with Crippen molar-refractivity contribution < 1.29 is 9.90 Å². The van der Waals surface area contributed by atoms with E-state index in [9.17, 15) is 9.90 Å². The number of carbonyl (C=O) groups excluding carboxylic acids is 1. The van der Waals surface area contributed by atoms with Crippen LogP contribution in [-0.4, -0.2) is 45.0 Å². The third-order valence-electron chi connectivity index (χ3n) is 5.90. The Bertz CT molecular complexity index is 842. The maximum Gasteiger partial charge on any atom is 0.245 e. The zero-order chi connectivity index (χ0) is 21.2. The number of nitrogens with zero attached hydrogens (tertiary/aromatic N) is 3. The smallest absolute Gasteiger partial charge is 0.245 e. The molecule has 0 bridgehead atoms. The second kappa shape index (κ2) is 8.28. The first-order chi connectivity index (χ1) is 13.6. The van der Waals surface area contributed by atoms with Crippen LogP contribution in [0.4, 0.5) is 5.69 Å². The second-order valence-corrected chi connectivity index (χ2v) is 9.19. The molecule has 1 aliphatic heterocycles. The zero-order valence-corrected chi connectivity index (χ0v) is 18.1. The number of benzene rings is 1. The number of halogens is 1. The number of carbonyl (C=O) groups is 1. The van der Waals surface area contributed by atoms with E-state index in [1.165, 1.54) is 6.33 Å². The summed E-state index contributed by atoms with van der Waals surface area (Å²) in [5, 5.41) is 15.4. The molecule has 6 nitrogen and oxygen atoms in total. The average molecular weight is 417 g/mol. The number of aliphatic hydroxyl groups is 1. The highest BCUT2D eigenvalue weighted by atomic mass is 35.5. The molecule has 2 aromatic rings. The number of hydrogen-bond donors (Lipinski definition) is 2. The molecule has 156 valence electrons. The molecule has 7 heteroatoms. The molecule has 3 rings (SSSR count). The molecule has 1 amide bonds. The molecule has 1 aliphatic rings. The molecular weight excluding hydrogens is 388 g/mol. The van der Waals surface area contributed by atoms with Gasteiger partial charge in [-0.3, -0.25) is 4.79 Å². The van der Waals surface area contributed by atoms with Gasteiger partial charge in [-0.15, -0.1) is 0 Å². The first-order valence-corrected chi connectivity index (χ1v) is 10.3. The molecule has 29 heavy (non-hydrogen) atoms. The standard InChI is InChI=1S/C22H29ClN4O2/c1-15(2)19(26-18-11-24-14-25-12-18)20(28)27-10-9-22(29,21(3,4)13-27)16-5-7-17(23)8-6-16/h5-8,11-12,14-15,19,26,29H,9-10,13H2,1-4H3. The number of hydrogen-bond acceptors (Lipinski definition) is 5. The van der Waals surface area contributed by atoms with Crippen molar-refractivity contribution >= 4 is 23.2 Å². The van der Waals surface area contributed by atoms with E-state index in [1.54, 1.807) is 24.5 Å². The van der Waals surface area contributed by atoms with Gasteiger partial charge < -0.3 is 15.3 Å². The predicted octanol–water partition coefficient (Wildman–Crippen LogP) is 3.71. The van der Waals surface area contributed by atoms with Crippen molar-refractivity contribution in [1.29, 1.82) is 0 Å². The van der Waals surface area contributed by atoms with Gasteiger partial charge >= 0.3 is 0 Å². The van der Waals surface area contributed by atoms with Crippen LogP contribution in [0.25, 0.3) is 0 Å². The van der Waals surface area contributed by atoms with Crippen LogP contribution in [0.2, 0.25) is 5.02 Å². The molecular formula is C22H29ClN4O2. The van der Waals surface area contributed by atoms with Crippen molar-refractivity contribution in [1.82, 2.24) is 14.9 Å². The Labute approximate surface area is 177 Å². The number of amides is 1. The van der Waals surface area contributed by atoms with Crippen molar-refractivity contribution in [3.8, 4) is 0 Å². The van der Waals surface area contributed by atoms with Gasteiger partial charge in [0, 0.05) is 23.5 Å². The SMILES string of the molecule is CC(C)C(Nc1cncnc1)C(=O)N1CCC(O)(c2ccc(Cl)cc2)C(C)(C)C1. The number of likely N-dealkylation sites (tertiary alicyclic amines) is 1. The Morgan fingerprint density at radius 1 is 1.21 bits per heavy atom. The molecule has 1 aromatic heterocycles. The summed E-state index contributed by atoms with van der Waals surface area (Å²) in [6.07, 6.45) is 5.25. The van der Waals surface area contributed by atoms with Crippen molar-refractivity contribution in [2.75, 3.05) is 18.4 Å². The van der Waals surface area contributed by atoms with Crippen LogP contribution in [0.1, 0.15) is 39.7 Å². The highest BCUT2D eigenvalue weighted by Gasteiger charge is 2.50. The number of piperidine rings is 1. The summed E-state index contributed by atoms with van der Waals surface area (Å²) in [4.78, 5) is 23.2. The van der Waals surface area contributed by atoms with E-state index in [1.807, 2.05) is 44.7 Å². The molecule has 0 saturated carbocycles. The van der Waals surface area contributed by atoms with E-state index in [0.717, 1.165) is 5.56 Å². The summed E-state index contributed by atoms with van der Waals surface area (Å²) in [5.41, 5.74) is 0.00147. The zero-order valence-electron chi connectivity index (χ0n) is 17.4. The average Bonchev–Trinajstić information content (AvgIpc) is 2.68. The topological polar surface area (TPSA) is 78.4 Å². The summed E-state index contributed by atoms with van der Waals surface area (Å²) in [6, 6.07) is 6.94. The lowest BCUT2D eigenvalue weighted by atomic mass is 9.66. The van der Waals surface area contributed by atoms with Crippen molar-refractivity contribution in [3.05, 3.63) is 53.6 Å². The lowest BCUT2D eigenvalue weighted by Gasteiger charge is -2.51. The minimum Gasteiger partial charge on any atom is -0.384 e. The number of aromatic nitrogens is 2. The van der Waals surface area contributed by atoms with E-state index in [0.29, 0.717) is 30.2 Å². The van der Waals surface area contributed by atoms with E-state index in [4.69, 9.17) is 11.6 Å². The van der Waals surface area contributed by atoms with Crippen LogP contribution in [0.3, 0.4) is 0 Å². The Morgan fingerprint density at radius 2 is 1.83 bits per heavy atom. The van der Waals surface area contributed by atoms with Gasteiger partial charge in [-0.25, -0.2) is 9.97 Å². The third kappa shape index (κ3) is 4.38. The fraction of sp³-hybridized carbons (Fsp3) is 0.500. The van der Waals surface area contributed by atoms with Gasteiger partial charge in [-0.2, -0.15) is 0 Å². The van der Waals surface area contributed by atoms with Crippen LogP contribution < -0.4 is 5.32 Å². The number of rotatable bonds is 5. The summed E-state index contributed by atoms with van der Waals surface area (Å²) in [5.74, 6) is 0.109. The number of nitrogens with one attached hydrogen (secondary N) is 1. The largest absolute Gasteiger partial charge is 0.384 e. The molecule has 0 spiro atoms. The first-order valence-electron chi connectivity index (χ1n) is 9.93. The van der Waals surface area contributed by atoms with Crippen molar-refractivity contribution in [2.24, 2.45) is 11.3 Å². The minimum atomic E-state index is -1.03. The summed E-state index contributed by atoms with van der Waals surface area (Å²) >= 11 is 6.01. The fourth-order valence-electron chi connectivity index (χ4n) is 4.03. The Balaban J connectivity index is 1.78. The van der Waals surface area contributed by atoms with E-state index >= 15 is 0 Å². The van der Waals surface area contributed by atoms with Crippen molar-refractivity contribution in [2.45, 2.75) is 45.8 Å². The maximum absolute atomic E-state index is 13.3. The van der Waals surface area contributed by atoms with Crippen LogP contribution >= 0.6 is 11.6 Å². The lowest BCUT2D eigenvalue weighted by Crippen LogP contribution is -2.59. The summed E-state index contributed by atoms with van der Waals surface area (Å²) in [6.45, 7) is 8.98. The van der Waals surface area contributed by atoms with Crippen molar-refractivity contribution in [3.63, 3.8) is 0 Å². The quantitative estimate of drug-likeness (QED) is 0.776. The van der Waals surface area contributed by atoms with Crippen LogP contribution in [0, 0.1) is 11.3 Å². The van der Waals surface area contributed by atoms with Gasteiger partial charge in [0.05, 0.1) is 23.7 Å². The molecule has 1 aromatic carbocycles. The maximum atomic E-state index is 13.3. The highest BCUT2D eigenvalue weighted by molar-refractivity contribution is 6.30. The molecule has 1 saturated heterocycles.